The number of carbonyl (C=O) groups is 1. The first-order chi connectivity index (χ1) is 14.1. The highest BCUT2D eigenvalue weighted by Crippen LogP contribution is 2.28. The molecule has 4 rings (SSSR count). The van der Waals surface area contributed by atoms with Crippen molar-refractivity contribution in [2.24, 2.45) is 0 Å². The number of benzene rings is 2. The molecule has 29 heavy (non-hydrogen) atoms. The van der Waals surface area contributed by atoms with Gasteiger partial charge in [-0.1, -0.05) is 18.2 Å². The highest BCUT2D eigenvalue weighted by atomic mass is 16.5. The van der Waals surface area contributed by atoms with Gasteiger partial charge in [0.25, 0.3) is 0 Å². The minimum Gasteiger partial charge on any atom is -0.497 e. The summed E-state index contributed by atoms with van der Waals surface area (Å²) in [5, 5.41) is 6.90. The third-order valence-corrected chi connectivity index (χ3v) is 4.24. The van der Waals surface area contributed by atoms with Crippen molar-refractivity contribution in [3.63, 3.8) is 0 Å². The van der Waals surface area contributed by atoms with E-state index >= 15 is 0 Å². The quantitative estimate of drug-likeness (QED) is 0.529. The zero-order valence-electron chi connectivity index (χ0n) is 16.0. The Morgan fingerprint density at radius 2 is 1.79 bits per heavy atom. The monoisotopic (exact) mass is 385 g/mol. The highest BCUT2D eigenvalue weighted by molar-refractivity contribution is 5.91. The van der Waals surface area contributed by atoms with Crippen molar-refractivity contribution in [3.8, 4) is 17.1 Å². The number of hydrogen-bond donors (Lipinski definition) is 2. The first-order valence-corrected chi connectivity index (χ1v) is 9.04. The molecule has 7 heteroatoms. The molecule has 2 N–H and O–H groups in total. The van der Waals surface area contributed by atoms with Gasteiger partial charge in [0.2, 0.25) is 5.91 Å². The van der Waals surface area contributed by atoms with Crippen molar-refractivity contribution < 1.29 is 9.53 Å². The summed E-state index contributed by atoms with van der Waals surface area (Å²) < 4.78 is 5.31. The van der Waals surface area contributed by atoms with Gasteiger partial charge in [0, 0.05) is 30.1 Å². The summed E-state index contributed by atoms with van der Waals surface area (Å²) in [6.45, 7) is 1.48. The van der Waals surface area contributed by atoms with Crippen LogP contribution in [0.15, 0.2) is 66.9 Å². The van der Waals surface area contributed by atoms with Gasteiger partial charge in [0.1, 0.15) is 11.6 Å². The Labute approximate surface area is 167 Å². The number of nitrogens with one attached hydrogen (secondary N) is 2. The molecular weight excluding hydrogens is 366 g/mol. The van der Waals surface area contributed by atoms with E-state index in [9.17, 15) is 4.79 Å². The SMILES string of the molecule is COc1cccc(-c2nc(Nc3cccc(NC(C)=O)c3)c3cccnc3n2)c1. The molecule has 2 heterocycles. The van der Waals surface area contributed by atoms with Gasteiger partial charge in [-0.25, -0.2) is 15.0 Å². The zero-order valence-corrected chi connectivity index (χ0v) is 16.0. The fraction of sp³-hybridized carbons (Fsp3) is 0.0909. The van der Waals surface area contributed by atoms with Crippen molar-refractivity contribution in [2.45, 2.75) is 6.92 Å². The highest BCUT2D eigenvalue weighted by Gasteiger charge is 2.11. The number of methoxy groups -OCH3 is 1. The van der Waals surface area contributed by atoms with Crippen molar-refractivity contribution in [3.05, 3.63) is 66.9 Å². The van der Waals surface area contributed by atoms with Crippen LogP contribution in [0.2, 0.25) is 0 Å². The minimum absolute atomic E-state index is 0.126. The number of pyridine rings is 1. The standard InChI is InChI=1S/C22H19N5O2/c1-14(28)24-16-7-4-8-17(13-16)25-22-19-10-5-11-23-21(19)26-20(27-22)15-6-3-9-18(12-15)29-2/h3-13H,1-2H3,(H,24,28)(H,23,25,26,27). The van der Waals surface area contributed by atoms with Crippen molar-refractivity contribution in [2.75, 3.05) is 17.7 Å². The van der Waals surface area contributed by atoms with Crippen LogP contribution >= 0.6 is 0 Å². The Bertz CT molecular complexity index is 1190. The molecule has 0 spiro atoms. The molecule has 0 unspecified atom stereocenters. The topological polar surface area (TPSA) is 89.0 Å². The van der Waals surface area contributed by atoms with E-state index < -0.39 is 0 Å². The molecule has 144 valence electrons. The van der Waals surface area contributed by atoms with Crippen molar-refractivity contribution in [1.82, 2.24) is 15.0 Å². The number of hydrogen-bond acceptors (Lipinski definition) is 6. The van der Waals surface area contributed by atoms with E-state index in [2.05, 4.69) is 20.6 Å². The Morgan fingerprint density at radius 1 is 0.966 bits per heavy atom. The molecule has 0 aliphatic heterocycles. The molecule has 0 saturated carbocycles. The third-order valence-electron chi connectivity index (χ3n) is 4.24. The van der Waals surface area contributed by atoms with E-state index in [0.29, 0.717) is 23.0 Å². The maximum atomic E-state index is 11.3. The largest absolute Gasteiger partial charge is 0.497 e. The van der Waals surface area contributed by atoms with Gasteiger partial charge in [-0.2, -0.15) is 0 Å². The summed E-state index contributed by atoms with van der Waals surface area (Å²) in [5.41, 5.74) is 2.90. The Balaban J connectivity index is 1.78. The lowest BCUT2D eigenvalue weighted by Gasteiger charge is -2.12. The van der Waals surface area contributed by atoms with Crippen LogP contribution in [0.3, 0.4) is 0 Å². The smallest absolute Gasteiger partial charge is 0.221 e. The van der Waals surface area contributed by atoms with E-state index in [1.165, 1.54) is 6.92 Å². The van der Waals surface area contributed by atoms with Crippen LogP contribution in [0, 0.1) is 0 Å². The predicted molar refractivity (Wildman–Crippen MR) is 113 cm³/mol. The number of amides is 1. The molecule has 0 radical (unpaired) electrons. The Morgan fingerprint density at radius 3 is 2.62 bits per heavy atom. The lowest BCUT2D eigenvalue weighted by molar-refractivity contribution is -0.114. The molecule has 0 saturated heterocycles. The molecule has 0 aliphatic carbocycles. The van der Waals surface area contributed by atoms with Crippen LogP contribution in [-0.2, 0) is 4.79 Å². The molecule has 0 fully saturated rings. The summed E-state index contributed by atoms with van der Waals surface area (Å²) in [7, 11) is 1.62. The van der Waals surface area contributed by atoms with E-state index in [0.717, 1.165) is 22.4 Å². The van der Waals surface area contributed by atoms with Gasteiger partial charge in [-0.05, 0) is 42.5 Å². The normalized spacial score (nSPS) is 10.6. The van der Waals surface area contributed by atoms with E-state index in [1.807, 2.05) is 60.7 Å². The molecule has 2 aromatic heterocycles. The van der Waals surface area contributed by atoms with Crippen LogP contribution in [0.1, 0.15) is 6.92 Å². The second kappa shape index (κ2) is 7.93. The molecule has 0 atom stereocenters. The van der Waals surface area contributed by atoms with Gasteiger partial charge >= 0.3 is 0 Å². The van der Waals surface area contributed by atoms with Crippen LogP contribution in [0.25, 0.3) is 22.4 Å². The number of rotatable bonds is 5. The van der Waals surface area contributed by atoms with Crippen LogP contribution in [0.5, 0.6) is 5.75 Å². The predicted octanol–water partition coefficient (Wildman–Crippen LogP) is 4.40. The number of fused-ring (bicyclic) bond motifs is 1. The van der Waals surface area contributed by atoms with Gasteiger partial charge in [-0.15, -0.1) is 0 Å². The van der Waals surface area contributed by atoms with E-state index in [1.54, 1.807) is 13.3 Å². The maximum Gasteiger partial charge on any atom is 0.221 e. The second-order valence-corrected chi connectivity index (χ2v) is 6.39. The number of nitrogens with zero attached hydrogens (tertiary/aromatic N) is 3. The average Bonchev–Trinajstić information content (AvgIpc) is 2.73. The van der Waals surface area contributed by atoms with Gasteiger partial charge in [-0.3, -0.25) is 4.79 Å². The van der Waals surface area contributed by atoms with Crippen LogP contribution < -0.4 is 15.4 Å². The van der Waals surface area contributed by atoms with Gasteiger partial charge in [0.15, 0.2) is 11.5 Å². The summed E-state index contributed by atoms with van der Waals surface area (Å²) in [6, 6.07) is 18.8. The number of carbonyl (C=O) groups excluding carboxylic acids is 1. The number of anilines is 3. The van der Waals surface area contributed by atoms with Crippen LogP contribution in [-0.4, -0.2) is 28.0 Å². The van der Waals surface area contributed by atoms with Crippen LogP contribution in [0.4, 0.5) is 17.2 Å². The Kier molecular flexibility index (Phi) is 5.03. The summed E-state index contributed by atoms with van der Waals surface area (Å²) in [6.07, 6.45) is 1.70. The number of aromatic nitrogens is 3. The summed E-state index contributed by atoms with van der Waals surface area (Å²) >= 11 is 0. The average molecular weight is 385 g/mol. The fourth-order valence-electron chi connectivity index (χ4n) is 2.96. The Hall–Kier alpha value is -4.00. The van der Waals surface area contributed by atoms with Gasteiger partial charge in [0.05, 0.1) is 12.5 Å². The van der Waals surface area contributed by atoms with Crippen molar-refractivity contribution in [1.29, 1.82) is 0 Å². The molecule has 2 aromatic carbocycles. The summed E-state index contributed by atoms with van der Waals surface area (Å²) in [4.78, 5) is 25.1. The summed E-state index contributed by atoms with van der Waals surface area (Å²) in [5.74, 6) is 1.76. The second-order valence-electron chi connectivity index (χ2n) is 6.39. The minimum atomic E-state index is -0.126. The lowest BCUT2D eigenvalue weighted by Crippen LogP contribution is -2.06. The number of ether oxygens (including phenoxy) is 1. The van der Waals surface area contributed by atoms with Gasteiger partial charge < -0.3 is 15.4 Å². The lowest BCUT2D eigenvalue weighted by atomic mass is 10.2. The first-order valence-electron chi connectivity index (χ1n) is 9.04. The molecular formula is C22H19N5O2. The fourth-order valence-corrected chi connectivity index (χ4v) is 2.96. The molecule has 4 aromatic rings. The van der Waals surface area contributed by atoms with E-state index in [4.69, 9.17) is 9.72 Å². The zero-order chi connectivity index (χ0) is 20.2. The van der Waals surface area contributed by atoms with E-state index in [-0.39, 0.29) is 5.91 Å². The first kappa shape index (κ1) is 18.4. The molecule has 0 bridgehead atoms. The van der Waals surface area contributed by atoms with Crippen molar-refractivity contribution >= 4 is 34.1 Å². The maximum absolute atomic E-state index is 11.3. The third kappa shape index (κ3) is 4.14. The molecule has 0 aliphatic rings. The molecule has 7 nitrogen and oxygen atoms in total. The molecule has 1 amide bonds.